The highest BCUT2D eigenvalue weighted by Gasteiger charge is 2.14. The first-order chi connectivity index (χ1) is 12.9. The third-order valence-electron chi connectivity index (χ3n) is 4.23. The number of benzene rings is 2. The van der Waals surface area contributed by atoms with Gasteiger partial charge in [0.1, 0.15) is 0 Å². The van der Waals surface area contributed by atoms with Crippen molar-refractivity contribution < 1.29 is 14.4 Å². The molecule has 0 radical (unpaired) electrons. The molecule has 0 saturated heterocycles. The molecule has 3 N–H and O–H groups in total. The van der Waals surface area contributed by atoms with Crippen LogP contribution < -0.4 is 16.0 Å². The van der Waals surface area contributed by atoms with Crippen molar-refractivity contribution in [2.75, 3.05) is 11.9 Å². The number of rotatable bonds is 7. The van der Waals surface area contributed by atoms with Gasteiger partial charge in [-0.2, -0.15) is 0 Å². The first-order valence-electron chi connectivity index (χ1n) is 8.85. The lowest BCUT2D eigenvalue weighted by Crippen LogP contribution is -2.39. The summed E-state index contributed by atoms with van der Waals surface area (Å²) in [7, 11) is 0. The number of anilines is 1. The monoisotopic (exact) mass is 367 g/mol. The van der Waals surface area contributed by atoms with Crippen LogP contribution in [0.4, 0.5) is 5.69 Å². The largest absolute Gasteiger partial charge is 0.349 e. The highest BCUT2D eigenvalue weighted by Crippen LogP contribution is 2.17. The van der Waals surface area contributed by atoms with Crippen LogP contribution in [0.1, 0.15) is 34.8 Å². The van der Waals surface area contributed by atoms with Crippen molar-refractivity contribution in [3.05, 3.63) is 65.2 Å². The van der Waals surface area contributed by atoms with Gasteiger partial charge in [0.15, 0.2) is 0 Å². The molecule has 6 heteroatoms. The summed E-state index contributed by atoms with van der Waals surface area (Å²) in [6, 6.07) is 14.1. The fourth-order valence-electron chi connectivity index (χ4n) is 2.56. The molecule has 0 spiro atoms. The first-order valence-corrected chi connectivity index (χ1v) is 8.85. The zero-order valence-corrected chi connectivity index (χ0v) is 15.8. The van der Waals surface area contributed by atoms with Crippen LogP contribution in [-0.4, -0.2) is 30.3 Å². The molecule has 2 aromatic carbocycles. The van der Waals surface area contributed by atoms with E-state index in [9.17, 15) is 14.4 Å². The quantitative estimate of drug-likeness (QED) is 0.703. The number of carbonyl (C=O) groups is 3. The predicted octanol–water partition coefficient (Wildman–Crippen LogP) is 2.57. The minimum Gasteiger partial charge on any atom is -0.349 e. The Balaban J connectivity index is 1.76. The average Bonchev–Trinajstić information content (AvgIpc) is 2.64. The van der Waals surface area contributed by atoms with Crippen LogP contribution in [0.15, 0.2) is 48.5 Å². The molecule has 6 nitrogen and oxygen atoms in total. The number of carbonyl (C=O) groups excluding carboxylic acids is 3. The van der Waals surface area contributed by atoms with Crippen LogP contribution in [0.3, 0.4) is 0 Å². The highest BCUT2D eigenvalue weighted by molar-refractivity contribution is 5.96. The lowest BCUT2D eigenvalue weighted by atomic mass is 10.1. The van der Waals surface area contributed by atoms with Gasteiger partial charge in [0.05, 0.1) is 6.54 Å². The van der Waals surface area contributed by atoms with E-state index in [1.54, 1.807) is 31.2 Å². The van der Waals surface area contributed by atoms with Gasteiger partial charge >= 0.3 is 0 Å². The second-order valence-corrected chi connectivity index (χ2v) is 6.52. The number of amides is 3. The van der Waals surface area contributed by atoms with Crippen LogP contribution >= 0.6 is 0 Å². The van der Waals surface area contributed by atoms with Crippen molar-refractivity contribution >= 4 is 23.4 Å². The van der Waals surface area contributed by atoms with Crippen LogP contribution in [0.25, 0.3) is 0 Å². The van der Waals surface area contributed by atoms with Crippen molar-refractivity contribution in [3.8, 4) is 0 Å². The van der Waals surface area contributed by atoms with E-state index in [1.807, 2.05) is 38.1 Å². The summed E-state index contributed by atoms with van der Waals surface area (Å²) >= 11 is 0. The normalized spacial score (nSPS) is 11.4. The zero-order valence-electron chi connectivity index (χ0n) is 15.8. The van der Waals surface area contributed by atoms with Crippen LogP contribution in [0, 0.1) is 13.8 Å². The molecular weight excluding hydrogens is 342 g/mol. The molecule has 0 unspecified atom stereocenters. The van der Waals surface area contributed by atoms with Gasteiger partial charge in [0.25, 0.3) is 5.91 Å². The molecule has 3 amide bonds. The second kappa shape index (κ2) is 9.52. The Bertz CT molecular complexity index is 819. The zero-order chi connectivity index (χ0) is 19.8. The lowest BCUT2D eigenvalue weighted by molar-refractivity contribution is -0.124. The van der Waals surface area contributed by atoms with Gasteiger partial charge in [-0.15, -0.1) is 0 Å². The summed E-state index contributed by atoms with van der Waals surface area (Å²) in [5.41, 5.74) is 3.35. The van der Waals surface area contributed by atoms with Crippen LogP contribution in [0.2, 0.25) is 0 Å². The Morgan fingerprint density at radius 3 is 2.33 bits per heavy atom. The molecule has 0 aliphatic carbocycles. The lowest BCUT2D eigenvalue weighted by Gasteiger charge is -2.14. The van der Waals surface area contributed by atoms with Gasteiger partial charge in [-0.3, -0.25) is 14.4 Å². The summed E-state index contributed by atoms with van der Waals surface area (Å²) in [4.78, 5) is 36.1. The van der Waals surface area contributed by atoms with Crippen molar-refractivity contribution in [2.45, 2.75) is 33.2 Å². The maximum atomic E-state index is 12.1. The Labute approximate surface area is 159 Å². The van der Waals surface area contributed by atoms with Crippen molar-refractivity contribution in [2.24, 2.45) is 0 Å². The standard InChI is InChI=1S/C21H25N3O3/c1-14-8-7-11-18(16(14)3)24-20(26)13-22-19(25)12-15(2)23-21(27)17-9-5-4-6-10-17/h4-11,15H,12-13H2,1-3H3,(H,22,25)(H,23,27)(H,24,26)/t15-/m0/s1. The van der Waals surface area contributed by atoms with Crippen LogP contribution in [-0.2, 0) is 9.59 Å². The molecule has 2 rings (SSSR count). The Hall–Kier alpha value is -3.15. The molecule has 2 aromatic rings. The van der Waals surface area contributed by atoms with E-state index in [2.05, 4.69) is 16.0 Å². The highest BCUT2D eigenvalue weighted by atomic mass is 16.2. The first kappa shape index (κ1) is 20.2. The van der Waals surface area contributed by atoms with E-state index >= 15 is 0 Å². The molecule has 0 saturated carbocycles. The fourth-order valence-corrected chi connectivity index (χ4v) is 2.56. The van der Waals surface area contributed by atoms with E-state index in [4.69, 9.17) is 0 Å². The number of hydrogen-bond donors (Lipinski definition) is 3. The molecule has 27 heavy (non-hydrogen) atoms. The average molecular weight is 367 g/mol. The fraction of sp³-hybridized carbons (Fsp3) is 0.286. The number of hydrogen-bond acceptors (Lipinski definition) is 3. The third-order valence-corrected chi connectivity index (χ3v) is 4.23. The molecule has 0 bridgehead atoms. The third kappa shape index (κ3) is 6.26. The summed E-state index contributed by atoms with van der Waals surface area (Å²) in [6.45, 7) is 5.53. The number of aryl methyl sites for hydroxylation is 1. The van der Waals surface area contributed by atoms with Crippen molar-refractivity contribution in [1.82, 2.24) is 10.6 Å². The minimum absolute atomic E-state index is 0.0926. The minimum atomic E-state index is -0.347. The second-order valence-electron chi connectivity index (χ2n) is 6.52. The van der Waals surface area contributed by atoms with Gasteiger partial charge in [-0.05, 0) is 50.1 Å². The van der Waals surface area contributed by atoms with Gasteiger partial charge in [0, 0.05) is 23.7 Å². The molecule has 0 aliphatic heterocycles. The maximum absolute atomic E-state index is 12.1. The molecule has 0 fully saturated rings. The summed E-state index contributed by atoms with van der Waals surface area (Å²) < 4.78 is 0. The predicted molar refractivity (Wildman–Crippen MR) is 106 cm³/mol. The topological polar surface area (TPSA) is 87.3 Å². The summed E-state index contributed by atoms with van der Waals surface area (Å²) in [5, 5.41) is 8.14. The van der Waals surface area contributed by atoms with Gasteiger partial charge in [-0.25, -0.2) is 0 Å². The van der Waals surface area contributed by atoms with Gasteiger partial charge < -0.3 is 16.0 Å². The Morgan fingerprint density at radius 1 is 0.926 bits per heavy atom. The maximum Gasteiger partial charge on any atom is 0.251 e. The summed E-state index contributed by atoms with van der Waals surface area (Å²) in [6.07, 6.45) is 0.0926. The molecule has 0 heterocycles. The van der Waals surface area contributed by atoms with Crippen LogP contribution in [0.5, 0.6) is 0 Å². The smallest absolute Gasteiger partial charge is 0.251 e. The molecular formula is C21H25N3O3. The SMILES string of the molecule is Cc1cccc(NC(=O)CNC(=O)C[C@H](C)NC(=O)c2ccccc2)c1C. The van der Waals surface area contributed by atoms with Crippen molar-refractivity contribution in [3.63, 3.8) is 0 Å². The van der Waals surface area contributed by atoms with E-state index < -0.39 is 0 Å². The Kier molecular flexibility index (Phi) is 7.11. The van der Waals surface area contributed by atoms with Gasteiger partial charge in [0.2, 0.25) is 11.8 Å². The molecule has 0 aromatic heterocycles. The van der Waals surface area contributed by atoms with E-state index in [0.717, 1.165) is 16.8 Å². The van der Waals surface area contributed by atoms with E-state index in [1.165, 1.54) is 0 Å². The molecule has 0 aliphatic rings. The number of nitrogens with one attached hydrogen (secondary N) is 3. The molecule has 1 atom stereocenters. The molecule has 142 valence electrons. The van der Waals surface area contributed by atoms with Gasteiger partial charge in [-0.1, -0.05) is 30.3 Å². The Morgan fingerprint density at radius 2 is 1.63 bits per heavy atom. The van der Waals surface area contributed by atoms with E-state index in [0.29, 0.717) is 5.56 Å². The van der Waals surface area contributed by atoms with E-state index in [-0.39, 0.29) is 36.7 Å². The van der Waals surface area contributed by atoms with Crippen molar-refractivity contribution in [1.29, 1.82) is 0 Å². The summed E-state index contributed by atoms with van der Waals surface area (Å²) in [5.74, 6) is -0.825.